The first-order valence-electron chi connectivity index (χ1n) is 3.40. The molecule has 10 heavy (non-hydrogen) atoms. The number of carbonyl (C=O) groups excluding carboxylic acids is 1. The van der Waals surface area contributed by atoms with Crippen LogP contribution in [0.1, 0.15) is 19.3 Å². The molecule has 0 aromatic rings. The van der Waals surface area contributed by atoms with E-state index in [0.717, 1.165) is 31.1 Å². The predicted molar refractivity (Wildman–Crippen MR) is 37.1 cm³/mol. The summed E-state index contributed by atoms with van der Waals surface area (Å²) in [5.74, 6) is 0.142. The van der Waals surface area contributed by atoms with E-state index in [1.165, 1.54) is 0 Å². The molecule has 52 valence electrons. The fraction of sp³-hybridized carbons (Fsp3) is 0.500. The Hall–Kier alpha value is -1.10. The van der Waals surface area contributed by atoms with Gasteiger partial charge in [0.1, 0.15) is 6.29 Å². The molecule has 1 aliphatic carbocycles. The van der Waals surface area contributed by atoms with Crippen molar-refractivity contribution in [1.82, 2.24) is 0 Å². The number of hydrogen-bond acceptors (Lipinski definition) is 2. The lowest BCUT2D eigenvalue weighted by molar-refractivity contribution is -0.105. The van der Waals surface area contributed by atoms with Crippen molar-refractivity contribution in [2.75, 3.05) is 0 Å². The molecule has 0 amide bonds. The van der Waals surface area contributed by atoms with Crippen LogP contribution in [-0.2, 0) is 4.79 Å². The second-order valence-corrected chi connectivity index (χ2v) is 2.50. The molecule has 0 aromatic carbocycles. The Morgan fingerprint density at radius 2 is 2.60 bits per heavy atom. The van der Waals surface area contributed by atoms with Gasteiger partial charge in [-0.2, -0.15) is 5.26 Å². The standard InChI is InChI=1S/C8H9NO/c9-5-7-1-3-8(6-10)4-2-7/h3,6-7H,1-2,4H2. The first-order chi connectivity index (χ1) is 4.86. The maximum Gasteiger partial charge on any atom is 0.145 e. The minimum atomic E-state index is 0.142. The van der Waals surface area contributed by atoms with Crippen LogP contribution in [0, 0.1) is 17.2 Å². The van der Waals surface area contributed by atoms with Crippen LogP contribution in [0.3, 0.4) is 0 Å². The number of nitrogens with zero attached hydrogens (tertiary/aromatic N) is 1. The molecular weight excluding hydrogens is 126 g/mol. The van der Waals surface area contributed by atoms with Gasteiger partial charge in [-0.3, -0.25) is 4.79 Å². The summed E-state index contributed by atoms with van der Waals surface area (Å²) in [5, 5.41) is 8.48. The van der Waals surface area contributed by atoms with Gasteiger partial charge in [0.15, 0.2) is 0 Å². The molecule has 0 aromatic heterocycles. The van der Waals surface area contributed by atoms with Crippen LogP contribution in [0.4, 0.5) is 0 Å². The van der Waals surface area contributed by atoms with Crippen LogP contribution in [-0.4, -0.2) is 6.29 Å². The second-order valence-electron chi connectivity index (χ2n) is 2.50. The van der Waals surface area contributed by atoms with E-state index in [-0.39, 0.29) is 5.92 Å². The van der Waals surface area contributed by atoms with Crippen molar-refractivity contribution in [1.29, 1.82) is 5.26 Å². The summed E-state index contributed by atoms with van der Waals surface area (Å²) >= 11 is 0. The molecule has 0 N–H and O–H groups in total. The van der Waals surface area contributed by atoms with E-state index >= 15 is 0 Å². The van der Waals surface area contributed by atoms with Crippen LogP contribution in [0.15, 0.2) is 11.6 Å². The van der Waals surface area contributed by atoms with Crippen molar-refractivity contribution >= 4 is 6.29 Å². The smallest absolute Gasteiger partial charge is 0.145 e. The van der Waals surface area contributed by atoms with Crippen LogP contribution >= 0.6 is 0 Å². The molecule has 1 atom stereocenters. The number of allylic oxidation sites excluding steroid dienone is 2. The summed E-state index contributed by atoms with van der Waals surface area (Å²) in [6.45, 7) is 0. The number of aldehydes is 1. The summed E-state index contributed by atoms with van der Waals surface area (Å²) in [6.07, 6.45) is 5.13. The van der Waals surface area contributed by atoms with Gasteiger partial charge in [0, 0.05) is 0 Å². The lowest BCUT2D eigenvalue weighted by atomic mass is 9.91. The minimum absolute atomic E-state index is 0.142. The van der Waals surface area contributed by atoms with Crippen molar-refractivity contribution in [2.45, 2.75) is 19.3 Å². The monoisotopic (exact) mass is 135 g/mol. The highest BCUT2D eigenvalue weighted by Crippen LogP contribution is 2.20. The van der Waals surface area contributed by atoms with Crippen molar-refractivity contribution in [3.05, 3.63) is 11.6 Å². The molecule has 0 fully saturated rings. The average molecular weight is 135 g/mol. The molecule has 1 rings (SSSR count). The number of hydrogen-bond donors (Lipinski definition) is 0. The van der Waals surface area contributed by atoms with Crippen LogP contribution in [0.2, 0.25) is 0 Å². The zero-order valence-corrected chi connectivity index (χ0v) is 5.71. The van der Waals surface area contributed by atoms with Gasteiger partial charge in [0.25, 0.3) is 0 Å². The Bertz CT molecular complexity index is 200. The number of rotatable bonds is 1. The first kappa shape index (κ1) is 7.01. The van der Waals surface area contributed by atoms with E-state index in [2.05, 4.69) is 6.07 Å². The molecule has 1 aliphatic rings. The lowest BCUT2D eigenvalue weighted by Crippen LogP contribution is -2.03. The maximum atomic E-state index is 10.2. The number of nitriles is 1. The summed E-state index contributed by atoms with van der Waals surface area (Å²) < 4.78 is 0. The van der Waals surface area contributed by atoms with Gasteiger partial charge in [-0.05, 0) is 24.8 Å². The van der Waals surface area contributed by atoms with E-state index in [0.29, 0.717) is 0 Å². The average Bonchev–Trinajstić information content (AvgIpc) is 2.05. The minimum Gasteiger partial charge on any atom is -0.298 e. The zero-order chi connectivity index (χ0) is 7.40. The predicted octanol–water partition coefficient (Wildman–Crippen LogP) is 1.44. The van der Waals surface area contributed by atoms with Gasteiger partial charge in [-0.1, -0.05) is 6.08 Å². The normalized spacial score (nSPS) is 24.7. The van der Waals surface area contributed by atoms with Crippen LogP contribution in [0.25, 0.3) is 0 Å². The Morgan fingerprint density at radius 3 is 3.00 bits per heavy atom. The van der Waals surface area contributed by atoms with Gasteiger partial charge < -0.3 is 0 Å². The SMILES string of the molecule is N#CC1CC=C(C=O)CC1. The summed E-state index contributed by atoms with van der Waals surface area (Å²) in [5.41, 5.74) is 0.853. The summed E-state index contributed by atoms with van der Waals surface area (Å²) in [6, 6.07) is 2.19. The fourth-order valence-corrected chi connectivity index (χ4v) is 1.08. The third kappa shape index (κ3) is 1.44. The third-order valence-corrected chi connectivity index (χ3v) is 1.78. The van der Waals surface area contributed by atoms with Gasteiger partial charge >= 0.3 is 0 Å². The Labute approximate surface area is 60.2 Å². The molecule has 0 bridgehead atoms. The molecular formula is C8H9NO. The molecule has 0 spiro atoms. The van der Waals surface area contributed by atoms with E-state index in [1.807, 2.05) is 6.08 Å². The van der Waals surface area contributed by atoms with Crippen molar-refractivity contribution < 1.29 is 4.79 Å². The molecule has 0 saturated heterocycles. The lowest BCUT2D eigenvalue weighted by Gasteiger charge is -2.11. The summed E-state index contributed by atoms with van der Waals surface area (Å²) in [4.78, 5) is 10.2. The van der Waals surface area contributed by atoms with E-state index in [4.69, 9.17) is 5.26 Å². The number of carbonyl (C=O) groups is 1. The second kappa shape index (κ2) is 3.17. The zero-order valence-electron chi connectivity index (χ0n) is 5.71. The Kier molecular flexibility index (Phi) is 2.22. The highest BCUT2D eigenvalue weighted by atomic mass is 16.1. The first-order valence-corrected chi connectivity index (χ1v) is 3.40. The molecule has 1 unspecified atom stereocenters. The highest BCUT2D eigenvalue weighted by molar-refractivity contribution is 5.73. The van der Waals surface area contributed by atoms with Crippen molar-refractivity contribution in [3.63, 3.8) is 0 Å². The molecule has 2 heteroatoms. The maximum absolute atomic E-state index is 10.2. The highest BCUT2D eigenvalue weighted by Gasteiger charge is 2.12. The van der Waals surface area contributed by atoms with Crippen LogP contribution in [0.5, 0.6) is 0 Å². The quantitative estimate of drug-likeness (QED) is 0.510. The Morgan fingerprint density at radius 1 is 1.80 bits per heavy atom. The van der Waals surface area contributed by atoms with Crippen molar-refractivity contribution in [3.8, 4) is 6.07 Å². The molecule has 0 saturated carbocycles. The molecule has 0 radical (unpaired) electrons. The molecule has 0 aliphatic heterocycles. The third-order valence-electron chi connectivity index (χ3n) is 1.78. The largest absolute Gasteiger partial charge is 0.298 e. The van der Waals surface area contributed by atoms with E-state index < -0.39 is 0 Å². The topological polar surface area (TPSA) is 40.9 Å². The molecule has 2 nitrogen and oxygen atoms in total. The fourth-order valence-electron chi connectivity index (χ4n) is 1.08. The van der Waals surface area contributed by atoms with E-state index in [1.54, 1.807) is 0 Å². The molecule has 0 heterocycles. The summed E-state index contributed by atoms with van der Waals surface area (Å²) in [7, 11) is 0. The van der Waals surface area contributed by atoms with Crippen LogP contribution < -0.4 is 0 Å². The van der Waals surface area contributed by atoms with Gasteiger partial charge in [-0.25, -0.2) is 0 Å². The van der Waals surface area contributed by atoms with Crippen molar-refractivity contribution in [2.24, 2.45) is 5.92 Å². The van der Waals surface area contributed by atoms with Gasteiger partial charge in [0.2, 0.25) is 0 Å². The van der Waals surface area contributed by atoms with E-state index in [9.17, 15) is 4.79 Å². The Balaban J connectivity index is 2.53. The van der Waals surface area contributed by atoms with Gasteiger partial charge in [0.05, 0.1) is 12.0 Å². The van der Waals surface area contributed by atoms with Gasteiger partial charge in [-0.15, -0.1) is 0 Å².